The highest BCUT2D eigenvalue weighted by Gasteiger charge is 2.68. The van der Waals surface area contributed by atoms with Crippen LogP contribution in [-0.4, -0.2) is 72.4 Å². The maximum atomic E-state index is 14.9. The van der Waals surface area contributed by atoms with E-state index in [2.05, 4.69) is 13.9 Å². The van der Waals surface area contributed by atoms with E-state index in [1.807, 2.05) is 15.9 Å². The molecular weight excluding hydrogens is 842 g/mol. The lowest BCUT2D eigenvalue weighted by Crippen LogP contribution is -2.66. The molecule has 2 aromatic carbocycles. The van der Waals surface area contributed by atoms with Crippen LogP contribution in [0.3, 0.4) is 0 Å². The van der Waals surface area contributed by atoms with Crippen LogP contribution in [0.5, 0.6) is 0 Å². The molecule has 0 aliphatic heterocycles. The maximum Gasteiger partial charge on any atom is 0.395 e. The van der Waals surface area contributed by atoms with Crippen LogP contribution < -0.4 is 4.72 Å². The molecule has 2 aromatic rings. The topological polar surface area (TPSA) is 111 Å². The van der Waals surface area contributed by atoms with Crippen molar-refractivity contribution in [1.29, 1.82) is 0 Å². The zero-order valence-corrected chi connectivity index (χ0v) is 32.8. The SMILES string of the molecule is CC(C)(C)[S@@](=O)N=C(c1ccccc1F)C(F)F.CCOC(=O)C(F)(F)Br.CCOC(=O)C(F)(F)[C@](N[S@](=O)C(C)(C)C)(c1ccccc1F)C(F)F. The van der Waals surface area contributed by atoms with Crippen molar-refractivity contribution in [1.82, 2.24) is 4.72 Å². The molecule has 2 rings (SSSR count). The molecule has 8 nitrogen and oxygen atoms in total. The number of carbonyl (C=O) groups is 2. The largest absolute Gasteiger partial charge is 0.461 e. The summed E-state index contributed by atoms with van der Waals surface area (Å²) in [5.41, 5.74) is -6.17. The first kappa shape index (κ1) is 50.1. The number of esters is 2. The van der Waals surface area contributed by atoms with Crippen LogP contribution in [0.2, 0.25) is 0 Å². The van der Waals surface area contributed by atoms with Crippen molar-refractivity contribution in [2.24, 2.45) is 4.40 Å². The Kier molecular flexibility index (Phi) is 19.5. The monoisotopic (exact) mass is 880 g/mol. The summed E-state index contributed by atoms with van der Waals surface area (Å²) in [6, 6.07) is 8.61. The Morgan fingerprint density at radius 3 is 1.58 bits per heavy atom. The highest BCUT2D eigenvalue weighted by molar-refractivity contribution is 9.10. The van der Waals surface area contributed by atoms with E-state index in [0.29, 0.717) is 12.1 Å². The lowest BCUT2D eigenvalue weighted by molar-refractivity contribution is -0.199. The van der Waals surface area contributed by atoms with Crippen LogP contribution in [0.25, 0.3) is 0 Å². The van der Waals surface area contributed by atoms with E-state index in [9.17, 15) is 61.9 Å². The fourth-order valence-electron chi connectivity index (χ4n) is 3.37. The second-order valence-corrected chi connectivity index (χ2v) is 17.1. The average molecular weight is 882 g/mol. The minimum absolute atomic E-state index is 0.0416. The van der Waals surface area contributed by atoms with Gasteiger partial charge in [0.2, 0.25) is 0 Å². The van der Waals surface area contributed by atoms with Crippen molar-refractivity contribution >= 4 is 55.6 Å². The van der Waals surface area contributed by atoms with Gasteiger partial charge in [0.1, 0.15) is 28.3 Å². The van der Waals surface area contributed by atoms with Gasteiger partial charge in [0.15, 0.2) is 5.54 Å². The van der Waals surface area contributed by atoms with Gasteiger partial charge in [0.25, 0.3) is 12.9 Å². The molecule has 302 valence electrons. The summed E-state index contributed by atoms with van der Waals surface area (Å²) in [7, 11) is -4.34. The predicted molar refractivity (Wildman–Crippen MR) is 184 cm³/mol. The third kappa shape index (κ3) is 14.4. The number of hydrogen-bond acceptors (Lipinski definition) is 6. The van der Waals surface area contributed by atoms with Gasteiger partial charge in [-0.1, -0.05) is 30.3 Å². The second kappa shape index (κ2) is 20.7. The number of nitrogens with one attached hydrogen (secondary N) is 1. The van der Waals surface area contributed by atoms with Crippen molar-refractivity contribution in [2.45, 2.75) is 94.0 Å². The number of ether oxygens (including phenoxy) is 2. The molecule has 0 radical (unpaired) electrons. The van der Waals surface area contributed by atoms with E-state index in [4.69, 9.17) is 0 Å². The first-order valence-corrected chi connectivity index (χ1v) is 18.1. The molecule has 0 saturated heterocycles. The van der Waals surface area contributed by atoms with Crippen molar-refractivity contribution in [3.05, 3.63) is 71.3 Å². The molecule has 0 amide bonds. The maximum absolute atomic E-state index is 14.9. The number of hydrogen-bond donors (Lipinski definition) is 1. The quantitative estimate of drug-likeness (QED) is 0.0993. The standard InChI is InChI=1S/C16H20F5NO3S.C12H14F3NOS.C4H5BrF2O2/c1-5-25-13(23)16(20,21)15(12(18)19,22-26(24)14(2,3)4)10-8-6-7-9-11(10)17;1-12(2,3)18(17)16-10(11(14)15)8-6-4-5-7-9(8)13;1-2-9-3(8)4(5,6)7/h6-9,12,22H,5H2,1-4H3;4-7,11H,1-3H3;2H2,1H3/t15-,26+;18-;/m01./s1. The van der Waals surface area contributed by atoms with Gasteiger partial charge in [0.05, 0.1) is 33.7 Å². The summed E-state index contributed by atoms with van der Waals surface area (Å²) < 4.78 is 170. The van der Waals surface area contributed by atoms with E-state index in [1.165, 1.54) is 52.8 Å². The first-order valence-electron chi connectivity index (χ1n) is 15.1. The third-order valence-corrected chi connectivity index (χ3v) is 9.39. The van der Waals surface area contributed by atoms with Gasteiger partial charge < -0.3 is 9.47 Å². The van der Waals surface area contributed by atoms with Crippen molar-refractivity contribution < 1.29 is 71.4 Å². The van der Waals surface area contributed by atoms with Gasteiger partial charge in [0, 0.05) is 27.1 Å². The number of rotatable bonds is 12. The fraction of sp³-hybridized carbons (Fsp3) is 0.531. The average Bonchev–Trinajstić information content (AvgIpc) is 3.02. The number of carbonyl (C=O) groups excluding carboxylic acids is 2. The van der Waals surface area contributed by atoms with Gasteiger partial charge >= 0.3 is 22.7 Å². The van der Waals surface area contributed by atoms with Crippen LogP contribution in [-0.2, 0) is 46.6 Å². The van der Waals surface area contributed by atoms with Crippen LogP contribution >= 0.6 is 15.9 Å². The van der Waals surface area contributed by atoms with E-state index in [-0.39, 0.29) is 12.2 Å². The lowest BCUT2D eigenvalue weighted by atomic mass is 9.84. The first-order chi connectivity index (χ1) is 24.0. The van der Waals surface area contributed by atoms with Crippen LogP contribution in [0.15, 0.2) is 52.9 Å². The molecule has 0 aromatic heterocycles. The Bertz CT molecular complexity index is 1600. The fourth-order valence-corrected chi connectivity index (χ4v) is 5.04. The predicted octanol–water partition coefficient (Wildman–Crippen LogP) is 8.42. The van der Waals surface area contributed by atoms with Crippen molar-refractivity contribution in [2.75, 3.05) is 13.2 Å². The summed E-state index contributed by atoms with van der Waals surface area (Å²) in [6.07, 6.45) is -6.97. The molecule has 0 bridgehead atoms. The summed E-state index contributed by atoms with van der Waals surface area (Å²) >= 11 is 1.84. The van der Waals surface area contributed by atoms with Crippen molar-refractivity contribution in [3.8, 4) is 0 Å². The Balaban J connectivity index is 0.000000863. The second-order valence-electron chi connectivity index (χ2n) is 12.2. The number of benzene rings is 2. The minimum atomic E-state index is -4.92. The highest BCUT2D eigenvalue weighted by atomic mass is 79.9. The molecule has 3 atom stereocenters. The highest BCUT2D eigenvalue weighted by Crippen LogP contribution is 2.45. The van der Waals surface area contributed by atoms with E-state index in [1.54, 1.807) is 25.5 Å². The molecule has 0 heterocycles. The van der Waals surface area contributed by atoms with Gasteiger partial charge in [-0.25, -0.2) is 49.1 Å². The summed E-state index contributed by atoms with van der Waals surface area (Å²) in [4.78, 5) is 18.3. The Hall–Kier alpha value is -2.91. The molecule has 0 fully saturated rings. The van der Waals surface area contributed by atoms with Gasteiger partial charge in [-0.15, -0.1) is 0 Å². The van der Waals surface area contributed by atoms with Crippen LogP contribution in [0.4, 0.5) is 43.9 Å². The van der Waals surface area contributed by atoms with Gasteiger partial charge in [-0.3, -0.25) is 0 Å². The van der Waals surface area contributed by atoms with E-state index in [0.717, 1.165) is 18.2 Å². The summed E-state index contributed by atoms with van der Waals surface area (Å²) in [5, 5.41) is 0. The lowest BCUT2D eigenvalue weighted by Gasteiger charge is -2.40. The Labute approximate surface area is 313 Å². The van der Waals surface area contributed by atoms with E-state index < -0.39 is 102 Å². The minimum Gasteiger partial charge on any atom is -0.461 e. The Morgan fingerprint density at radius 2 is 1.23 bits per heavy atom. The molecule has 0 aliphatic rings. The van der Waals surface area contributed by atoms with Crippen LogP contribution in [0, 0.1) is 11.6 Å². The summed E-state index contributed by atoms with van der Waals surface area (Å²) in [6.45, 7) is 11.0. The number of halogens is 11. The number of nitrogens with zero attached hydrogens (tertiary/aromatic N) is 1. The molecule has 53 heavy (non-hydrogen) atoms. The van der Waals surface area contributed by atoms with Crippen LogP contribution in [0.1, 0.15) is 66.5 Å². The third-order valence-electron chi connectivity index (χ3n) is 6.03. The van der Waals surface area contributed by atoms with E-state index >= 15 is 0 Å². The molecular formula is C32H39BrF10N2O6S2. The molecule has 21 heteroatoms. The molecule has 0 aliphatic carbocycles. The zero-order valence-electron chi connectivity index (χ0n) is 29.6. The summed E-state index contributed by atoms with van der Waals surface area (Å²) in [5.74, 6) is -11.0. The molecule has 0 unspecified atom stereocenters. The van der Waals surface area contributed by atoms with Gasteiger partial charge in [-0.2, -0.15) is 22.0 Å². The molecule has 0 spiro atoms. The normalized spacial score (nSPS) is 14.9. The van der Waals surface area contributed by atoms with Gasteiger partial charge in [-0.05, 0) is 73.6 Å². The molecule has 1 N–H and O–H groups in total. The van der Waals surface area contributed by atoms with Crippen molar-refractivity contribution in [3.63, 3.8) is 0 Å². The number of alkyl halides is 9. The smallest absolute Gasteiger partial charge is 0.395 e. The zero-order chi connectivity index (χ0) is 41.8. The Morgan fingerprint density at radius 1 is 0.774 bits per heavy atom. The molecule has 0 saturated carbocycles.